The molecule has 0 amide bonds. The summed E-state index contributed by atoms with van der Waals surface area (Å²) in [4.78, 5) is 0. The van der Waals surface area contributed by atoms with Crippen LogP contribution in [0.2, 0.25) is 0 Å². The van der Waals surface area contributed by atoms with Gasteiger partial charge in [0.15, 0.2) is 0 Å². The number of fused-ring (bicyclic) bond motifs is 1. The van der Waals surface area contributed by atoms with Gasteiger partial charge in [-0.2, -0.15) is 0 Å². The number of nitrogens with zero attached hydrogens (tertiary/aromatic N) is 1. The first-order chi connectivity index (χ1) is 7.26. The van der Waals surface area contributed by atoms with E-state index in [0.717, 1.165) is 13.0 Å². The summed E-state index contributed by atoms with van der Waals surface area (Å²) in [5.74, 6) is 0. The Hall–Kier alpha value is -1.28. The molecular weight excluding hydrogens is 186 g/mol. The van der Waals surface area contributed by atoms with E-state index in [1.807, 2.05) is 0 Å². The van der Waals surface area contributed by atoms with Crippen molar-refractivity contribution in [2.24, 2.45) is 0 Å². The summed E-state index contributed by atoms with van der Waals surface area (Å²) in [5, 5.41) is 10.2. The predicted molar refractivity (Wildman–Crippen MR) is 63.1 cm³/mol. The first-order valence-corrected chi connectivity index (χ1v) is 5.45. The Morgan fingerprint density at radius 2 is 2.13 bits per heavy atom. The van der Waals surface area contributed by atoms with E-state index in [2.05, 4.69) is 42.8 Å². The molecule has 2 heteroatoms. The van der Waals surface area contributed by atoms with E-state index in [0.29, 0.717) is 0 Å². The molecule has 0 saturated carbocycles. The number of hydrogen-bond donors (Lipinski definition) is 1. The average Bonchev–Trinajstić information content (AvgIpc) is 2.56. The van der Waals surface area contributed by atoms with E-state index in [-0.39, 0.29) is 6.61 Å². The molecule has 1 aromatic heterocycles. The molecule has 0 aliphatic heterocycles. The molecule has 0 aliphatic rings. The van der Waals surface area contributed by atoms with Gasteiger partial charge in [-0.1, -0.05) is 6.07 Å². The van der Waals surface area contributed by atoms with Gasteiger partial charge in [-0.3, -0.25) is 0 Å². The monoisotopic (exact) mass is 203 g/mol. The molecule has 2 rings (SSSR count). The van der Waals surface area contributed by atoms with Gasteiger partial charge >= 0.3 is 0 Å². The smallest absolute Gasteiger partial charge is 0.0483 e. The largest absolute Gasteiger partial charge is 0.396 e. The van der Waals surface area contributed by atoms with E-state index in [9.17, 15) is 0 Å². The normalized spacial score (nSPS) is 11.1. The molecule has 1 aromatic carbocycles. The maximum atomic E-state index is 8.91. The minimum atomic E-state index is 0.221. The van der Waals surface area contributed by atoms with Crippen LogP contribution < -0.4 is 0 Å². The molecule has 0 unspecified atom stereocenters. The van der Waals surface area contributed by atoms with Crippen LogP contribution in [0.5, 0.6) is 0 Å². The molecule has 1 N–H and O–H groups in total. The molecule has 0 bridgehead atoms. The van der Waals surface area contributed by atoms with Crippen molar-refractivity contribution in [3.63, 3.8) is 0 Å². The van der Waals surface area contributed by atoms with Gasteiger partial charge in [0.25, 0.3) is 0 Å². The fraction of sp³-hybridized carbons (Fsp3) is 0.385. The van der Waals surface area contributed by atoms with Crippen molar-refractivity contribution >= 4 is 10.9 Å². The van der Waals surface area contributed by atoms with Crippen LogP contribution in [0.1, 0.15) is 18.1 Å². The molecule has 0 fully saturated rings. The Kier molecular flexibility index (Phi) is 2.78. The van der Waals surface area contributed by atoms with Crippen molar-refractivity contribution in [1.82, 2.24) is 4.57 Å². The number of rotatable bonds is 3. The minimum absolute atomic E-state index is 0.221. The average molecular weight is 203 g/mol. The Labute approximate surface area is 90.2 Å². The summed E-state index contributed by atoms with van der Waals surface area (Å²) in [5.41, 5.74) is 3.81. The molecule has 80 valence electrons. The van der Waals surface area contributed by atoms with E-state index in [1.54, 1.807) is 0 Å². The molecule has 1 heterocycles. The van der Waals surface area contributed by atoms with Crippen LogP contribution in [0.3, 0.4) is 0 Å². The number of aliphatic hydroxyl groups excluding tert-OH is 1. The van der Waals surface area contributed by atoms with Gasteiger partial charge in [-0.05, 0) is 43.5 Å². The number of aromatic nitrogens is 1. The van der Waals surface area contributed by atoms with Gasteiger partial charge in [0.2, 0.25) is 0 Å². The molecule has 0 aliphatic carbocycles. The van der Waals surface area contributed by atoms with Crippen molar-refractivity contribution < 1.29 is 5.11 Å². The lowest BCUT2D eigenvalue weighted by atomic mass is 10.1. The minimum Gasteiger partial charge on any atom is -0.396 e. The third-order valence-electron chi connectivity index (χ3n) is 2.89. The highest BCUT2D eigenvalue weighted by Crippen LogP contribution is 2.22. The standard InChI is InChI=1S/C13H17NO/c1-3-14-9-10(2)12-8-11(6-7-15)4-5-13(12)14/h4-5,8-9,15H,3,6-7H2,1-2H3. The fourth-order valence-electron chi connectivity index (χ4n) is 2.07. The van der Waals surface area contributed by atoms with E-state index >= 15 is 0 Å². The first-order valence-electron chi connectivity index (χ1n) is 5.45. The van der Waals surface area contributed by atoms with Gasteiger partial charge < -0.3 is 9.67 Å². The predicted octanol–water partition coefficient (Wildman–Crippen LogP) is 2.50. The Morgan fingerprint density at radius 1 is 1.33 bits per heavy atom. The summed E-state index contributed by atoms with van der Waals surface area (Å²) in [6.45, 7) is 5.51. The Morgan fingerprint density at radius 3 is 2.80 bits per heavy atom. The summed E-state index contributed by atoms with van der Waals surface area (Å²) < 4.78 is 2.26. The second-order valence-corrected chi connectivity index (χ2v) is 3.92. The second-order valence-electron chi connectivity index (χ2n) is 3.92. The lowest BCUT2D eigenvalue weighted by Crippen LogP contribution is -1.92. The molecule has 0 saturated heterocycles. The van der Waals surface area contributed by atoms with Crippen molar-refractivity contribution in [3.8, 4) is 0 Å². The van der Waals surface area contributed by atoms with Gasteiger partial charge in [0.1, 0.15) is 0 Å². The summed E-state index contributed by atoms with van der Waals surface area (Å²) in [7, 11) is 0. The number of aryl methyl sites for hydroxylation is 2. The van der Waals surface area contributed by atoms with Crippen LogP contribution in [0.25, 0.3) is 10.9 Å². The number of hydrogen-bond acceptors (Lipinski definition) is 1. The Bertz CT molecular complexity index is 471. The summed E-state index contributed by atoms with van der Waals surface area (Å²) in [6, 6.07) is 6.44. The van der Waals surface area contributed by atoms with Gasteiger partial charge in [0, 0.05) is 30.3 Å². The van der Waals surface area contributed by atoms with Crippen molar-refractivity contribution in [1.29, 1.82) is 0 Å². The van der Waals surface area contributed by atoms with Gasteiger partial charge in [-0.15, -0.1) is 0 Å². The van der Waals surface area contributed by atoms with Crippen LogP contribution in [0, 0.1) is 6.92 Å². The molecule has 0 atom stereocenters. The zero-order chi connectivity index (χ0) is 10.8. The lowest BCUT2D eigenvalue weighted by molar-refractivity contribution is 0.299. The van der Waals surface area contributed by atoms with Crippen LogP contribution in [0.15, 0.2) is 24.4 Å². The highest BCUT2D eigenvalue weighted by molar-refractivity contribution is 5.84. The SMILES string of the molecule is CCn1cc(C)c2cc(CCO)ccc21. The maximum absolute atomic E-state index is 8.91. The molecule has 0 spiro atoms. The van der Waals surface area contributed by atoms with E-state index in [1.165, 1.54) is 22.0 Å². The quantitative estimate of drug-likeness (QED) is 0.814. The zero-order valence-electron chi connectivity index (χ0n) is 9.33. The molecule has 0 radical (unpaired) electrons. The van der Waals surface area contributed by atoms with E-state index in [4.69, 9.17) is 5.11 Å². The molecule has 15 heavy (non-hydrogen) atoms. The summed E-state index contributed by atoms with van der Waals surface area (Å²) >= 11 is 0. The first kappa shape index (κ1) is 10.2. The van der Waals surface area contributed by atoms with Gasteiger partial charge in [0.05, 0.1) is 0 Å². The molecule has 2 nitrogen and oxygen atoms in total. The molecular formula is C13H17NO. The highest BCUT2D eigenvalue weighted by atomic mass is 16.2. The highest BCUT2D eigenvalue weighted by Gasteiger charge is 2.04. The topological polar surface area (TPSA) is 25.2 Å². The maximum Gasteiger partial charge on any atom is 0.0483 e. The van der Waals surface area contributed by atoms with Crippen molar-refractivity contribution in [2.45, 2.75) is 26.8 Å². The third kappa shape index (κ3) is 1.77. The van der Waals surface area contributed by atoms with Gasteiger partial charge in [-0.25, -0.2) is 0 Å². The number of benzene rings is 1. The fourth-order valence-corrected chi connectivity index (χ4v) is 2.07. The van der Waals surface area contributed by atoms with E-state index < -0.39 is 0 Å². The Balaban J connectivity index is 2.56. The lowest BCUT2D eigenvalue weighted by Gasteiger charge is -2.02. The zero-order valence-corrected chi connectivity index (χ0v) is 9.33. The van der Waals surface area contributed by atoms with Crippen LogP contribution in [-0.2, 0) is 13.0 Å². The van der Waals surface area contributed by atoms with Crippen LogP contribution >= 0.6 is 0 Å². The van der Waals surface area contributed by atoms with Crippen LogP contribution in [0.4, 0.5) is 0 Å². The van der Waals surface area contributed by atoms with Crippen LogP contribution in [-0.4, -0.2) is 16.3 Å². The molecule has 2 aromatic rings. The van der Waals surface area contributed by atoms with Crippen molar-refractivity contribution in [2.75, 3.05) is 6.61 Å². The second kappa shape index (κ2) is 4.07. The number of aliphatic hydroxyl groups is 1. The third-order valence-corrected chi connectivity index (χ3v) is 2.89. The van der Waals surface area contributed by atoms with Crippen molar-refractivity contribution in [3.05, 3.63) is 35.5 Å². The summed E-state index contributed by atoms with van der Waals surface area (Å²) in [6.07, 6.45) is 2.93.